The van der Waals surface area contributed by atoms with E-state index in [1.54, 1.807) is 0 Å². The fourth-order valence-corrected chi connectivity index (χ4v) is 3.19. The van der Waals surface area contributed by atoms with Gasteiger partial charge in [-0.2, -0.15) is 0 Å². The van der Waals surface area contributed by atoms with Crippen LogP contribution in [0.3, 0.4) is 0 Å². The third-order valence-corrected chi connectivity index (χ3v) is 5.03. The monoisotopic (exact) mass is 172 g/mol. The van der Waals surface area contributed by atoms with Crippen molar-refractivity contribution in [2.24, 2.45) is 0 Å². The lowest BCUT2D eigenvalue weighted by Crippen LogP contribution is -2.32. The minimum absolute atomic E-state index is 0.898. The van der Waals surface area contributed by atoms with Crippen molar-refractivity contribution in [3.63, 3.8) is 0 Å². The molecule has 0 amide bonds. The highest BCUT2D eigenvalue weighted by Crippen LogP contribution is 2.14. The first-order valence-electron chi connectivity index (χ1n) is 4.46. The van der Waals surface area contributed by atoms with Crippen molar-refractivity contribution >= 4 is 8.32 Å². The van der Waals surface area contributed by atoms with E-state index in [-0.39, 0.29) is 0 Å². The molecule has 0 saturated carbocycles. The van der Waals surface area contributed by atoms with Crippen molar-refractivity contribution < 1.29 is 4.43 Å². The number of rotatable bonds is 6. The smallest absolute Gasteiger partial charge is 0.213 e. The summed E-state index contributed by atoms with van der Waals surface area (Å²) in [4.78, 5) is 0. The Balaban J connectivity index is 3.77. The predicted octanol–water partition coefficient (Wildman–Crippen LogP) is 3.12. The van der Waals surface area contributed by atoms with Gasteiger partial charge in [-0.1, -0.05) is 26.0 Å². The maximum absolute atomic E-state index is 5.79. The second-order valence-electron chi connectivity index (χ2n) is 3.12. The van der Waals surface area contributed by atoms with Crippen molar-refractivity contribution in [3.8, 4) is 0 Å². The van der Waals surface area contributed by atoms with E-state index in [1.807, 2.05) is 5.70 Å². The van der Waals surface area contributed by atoms with Crippen molar-refractivity contribution in [2.45, 2.75) is 39.3 Å². The lowest BCUT2D eigenvalue weighted by Gasteiger charge is -2.22. The molecule has 0 aromatic rings. The standard InChI is InChI=1S/C9H20OSi/c1-5-8-10-11(4,7-3)9-6-2/h7H,3,5-6,8-9H2,1-2,4H3. The van der Waals surface area contributed by atoms with Gasteiger partial charge in [-0.3, -0.25) is 0 Å². The fraction of sp³-hybridized carbons (Fsp3) is 0.778. The van der Waals surface area contributed by atoms with Crippen LogP contribution in [0, 0.1) is 0 Å². The molecule has 0 heterocycles. The summed E-state index contributed by atoms with van der Waals surface area (Å²) in [5, 5.41) is 0. The summed E-state index contributed by atoms with van der Waals surface area (Å²) >= 11 is 0. The van der Waals surface area contributed by atoms with Gasteiger partial charge in [0.1, 0.15) is 0 Å². The topological polar surface area (TPSA) is 9.23 Å². The summed E-state index contributed by atoms with van der Waals surface area (Å²) < 4.78 is 5.79. The molecule has 1 unspecified atom stereocenters. The summed E-state index contributed by atoms with van der Waals surface area (Å²) in [5.74, 6) is 0. The van der Waals surface area contributed by atoms with Crippen LogP contribution in [-0.4, -0.2) is 14.9 Å². The van der Waals surface area contributed by atoms with Gasteiger partial charge >= 0.3 is 0 Å². The van der Waals surface area contributed by atoms with E-state index in [4.69, 9.17) is 4.43 Å². The van der Waals surface area contributed by atoms with E-state index in [0.717, 1.165) is 13.0 Å². The van der Waals surface area contributed by atoms with E-state index < -0.39 is 8.32 Å². The van der Waals surface area contributed by atoms with Gasteiger partial charge in [0.25, 0.3) is 0 Å². The zero-order valence-corrected chi connectivity index (χ0v) is 9.02. The van der Waals surface area contributed by atoms with E-state index in [1.165, 1.54) is 12.5 Å². The molecule has 0 bridgehead atoms. The Kier molecular flexibility index (Phi) is 5.51. The molecule has 2 heteroatoms. The van der Waals surface area contributed by atoms with Crippen LogP contribution in [-0.2, 0) is 4.43 Å². The zero-order valence-electron chi connectivity index (χ0n) is 8.02. The molecule has 0 saturated heterocycles. The Labute approximate surface area is 71.6 Å². The molecule has 1 atom stereocenters. The van der Waals surface area contributed by atoms with Gasteiger partial charge in [-0.25, -0.2) is 0 Å². The molecular formula is C9H20OSi. The number of hydrogen-bond donors (Lipinski definition) is 0. The highest BCUT2D eigenvalue weighted by molar-refractivity contribution is 6.77. The van der Waals surface area contributed by atoms with Crippen LogP contribution in [0.25, 0.3) is 0 Å². The third kappa shape index (κ3) is 4.38. The average Bonchev–Trinajstić information content (AvgIpc) is 2.02. The predicted molar refractivity (Wildman–Crippen MR) is 53.2 cm³/mol. The summed E-state index contributed by atoms with van der Waals surface area (Å²) in [6, 6.07) is 1.20. The first-order chi connectivity index (χ1) is 5.18. The van der Waals surface area contributed by atoms with Crippen LogP contribution in [0.2, 0.25) is 12.6 Å². The third-order valence-electron chi connectivity index (χ3n) is 1.81. The second-order valence-corrected chi connectivity index (χ2v) is 6.94. The van der Waals surface area contributed by atoms with Crippen LogP contribution < -0.4 is 0 Å². The molecule has 0 radical (unpaired) electrons. The van der Waals surface area contributed by atoms with Crippen molar-refractivity contribution in [1.82, 2.24) is 0 Å². The Bertz CT molecular complexity index is 114. The average molecular weight is 172 g/mol. The van der Waals surface area contributed by atoms with E-state index in [2.05, 4.69) is 27.0 Å². The highest BCUT2D eigenvalue weighted by Gasteiger charge is 2.22. The minimum Gasteiger partial charge on any atom is -0.413 e. The maximum atomic E-state index is 5.79. The lowest BCUT2D eigenvalue weighted by molar-refractivity contribution is 0.309. The molecule has 0 spiro atoms. The van der Waals surface area contributed by atoms with Crippen LogP contribution in [0.5, 0.6) is 0 Å². The Morgan fingerprint density at radius 2 is 2.00 bits per heavy atom. The molecule has 0 N–H and O–H groups in total. The van der Waals surface area contributed by atoms with Gasteiger partial charge in [0, 0.05) is 6.61 Å². The molecule has 66 valence electrons. The Morgan fingerprint density at radius 1 is 1.36 bits per heavy atom. The molecule has 1 nitrogen and oxygen atoms in total. The van der Waals surface area contributed by atoms with Crippen molar-refractivity contribution in [1.29, 1.82) is 0 Å². The fourth-order valence-electron chi connectivity index (χ4n) is 1.06. The summed E-state index contributed by atoms with van der Waals surface area (Å²) in [7, 11) is -1.48. The van der Waals surface area contributed by atoms with E-state index >= 15 is 0 Å². The van der Waals surface area contributed by atoms with Crippen LogP contribution in [0.1, 0.15) is 26.7 Å². The largest absolute Gasteiger partial charge is 0.413 e. The van der Waals surface area contributed by atoms with Crippen molar-refractivity contribution in [3.05, 3.63) is 12.3 Å². The highest BCUT2D eigenvalue weighted by atomic mass is 28.4. The van der Waals surface area contributed by atoms with Crippen LogP contribution in [0.4, 0.5) is 0 Å². The first kappa shape index (κ1) is 10.9. The first-order valence-corrected chi connectivity index (χ1v) is 7.15. The molecule has 11 heavy (non-hydrogen) atoms. The molecule has 0 fully saturated rings. The molecule has 0 aromatic carbocycles. The number of hydrogen-bond acceptors (Lipinski definition) is 1. The molecule has 0 aliphatic carbocycles. The van der Waals surface area contributed by atoms with Crippen molar-refractivity contribution in [2.75, 3.05) is 6.61 Å². The lowest BCUT2D eigenvalue weighted by atomic mass is 10.5. The van der Waals surface area contributed by atoms with Gasteiger partial charge in [0.05, 0.1) is 0 Å². The Morgan fingerprint density at radius 3 is 2.36 bits per heavy atom. The zero-order chi connectivity index (χ0) is 8.74. The molecule has 0 aliphatic rings. The minimum atomic E-state index is -1.48. The molecule has 0 aromatic heterocycles. The summed E-state index contributed by atoms with van der Waals surface area (Å²) in [6.07, 6.45) is 2.32. The summed E-state index contributed by atoms with van der Waals surface area (Å²) in [5.41, 5.74) is 2.05. The van der Waals surface area contributed by atoms with Crippen LogP contribution >= 0.6 is 0 Å². The molecular weight excluding hydrogens is 152 g/mol. The normalized spacial score (nSPS) is 15.9. The molecule has 0 aliphatic heterocycles. The SMILES string of the molecule is C=C[Si](C)(CCC)OCCC. The maximum Gasteiger partial charge on any atom is 0.213 e. The molecule has 0 rings (SSSR count). The van der Waals surface area contributed by atoms with Crippen LogP contribution in [0.15, 0.2) is 12.3 Å². The Hall–Kier alpha value is -0.0831. The van der Waals surface area contributed by atoms with Gasteiger partial charge < -0.3 is 4.43 Å². The quantitative estimate of drug-likeness (QED) is 0.559. The van der Waals surface area contributed by atoms with Gasteiger partial charge in [0.15, 0.2) is 0 Å². The second kappa shape index (κ2) is 5.55. The summed E-state index contributed by atoms with van der Waals surface area (Å²) in [6.45, 7) is 11.3. The van der Waals surface area contributed by atoms with E-state index in [0.29, 0.717) is 0 Å². The van der Waals surface area contributed by atoms with Gasteiger partial charge in [-0.05, 0) is 19.0 Å². The van der Waals surface area contributed by atoms with Gasteiger partial charge in [0.2, 0.25) is 8.32 Å². The van der Waals surface area contributed by atoms with Gasteiger partial charge in [-0.15, -0.1) is 6.58 Å². The van der Waals surface area contributed by atoms with E-state index in [9.17, 15) is 0 Å².